The van der Waals surface area contributed by atoms with Crippen molar-refractivity contribution < 1.29 is 0 Å². The summed E-state index contributed by atoms with van der Waals surface area (Å²) in [5.41, 5.74) is 7.14. The summed E-state index contributed by atoms with van der Waals surface area (Å²) in [6.45, 7) is 6.63. The molecular weight excluding hydrogens is 165 g/mol. The van der Waals surface area contributed by atoms with E-state index in [1.54, 1.807) is 0 Å². The van der Waals surface area contributed by atoms with Gasteiger partial charge in [-0.3, -0.25) is 0 Å². The van der Waals surface area contributed by atoms with Gasteiger partial charge in [0.1, 0.15) is 0 Å². The van der Waals surface area contributed by atoms with Crippen LogP contribution >= 0.6 is 0 Å². The second-order valence-corrected chi connectivity index (χ2v) is 4.19. The second kappa shape index (κ2) is 4.42. The molecule has 0 aliphatic rings. The van der Waals surface area contributed by atoms with Crippen LogP contribution in [0, 0.1) is 20.8 Å². The third-order valence-corrected chi connectivity index (χ3v) is 3.10. The summed E-state index contributed by atoms with van der Waals surface area (Å²) in [5, 5.41) is 1.11. The molecule has 0 saturated heterocycles. The molecule has 0 saturated carbocycles. The molecule has 0 aliphatic carbocycles. The van der Waals surface area contributed by atoms with Gasteiger partial charge in [0, 0.05) is 0 Å². The van der Waals surface area contributed by atoms with Crippen LogP contribution in [0.3, 0.4) is 0 Å². The topological polar surface area (TPSA) is 3.24 Å². The van der Waals surface area contributed by atoms with Crippen molar-refractivity contribution in [2.45, 2.75) is 25.9 Å². The summed E-state index contributed by atoms with van der Waals surface area (Å²) in [7, 11) is 4.23. The Kier molecular flexibility index (Phi) is 3.70. The Labute approximate surface area is 96.7 Å². The average Bonchev–Trinajstić information content (AvgIpc) is 2.13. The molecule has 2 heteroatoms. The van der Waals surface area contributed by atoms with Gasteiger partial charge in [0.2, 0.25) is 0 Å². The first-order chi connectivity index (χ1) is 6.49. The number of nitrogens with zero attached hydrogens (tertiary/aromatic N) is 1. The van der Waals surface area contributed by atoms with Crippen LogP contribution in [0.1, 0.15) is 22.3 Å². The maximum atomic E-state index is 2.29. The van der Waals surface area contributed by atoms with E-state index in [1.165, 1.54) is 27.9 Å². The molecule has 0 aromatic heterocycles. The summed E-state index contributed by atoms with van der Waals surface area (Å²) in [4.78, 5) is 2.21. The summed E-state index contributed by atoms with van der Waals surface area (Å²) in [6, 6.07) is 2.29. The average molecular weight is 183 g/mol. The molecule has 0 aliphatic heterocycles. The fourth-order valence-electron chi connectivity index (χ4n) is 1.96. The quantitative estimate of drug-likeness (QED) is 0.636. The van der Waals surface area contributed by atoms with Gasteiger partial charge >= 0.3 is 96.6 Å². The van der Waals surface area contributed by atoms with Crippen molar-refractivity contribution in [3.05, 3.63) is 28.3 Å². The minimum atomic E-state index is 1.11. The number of rotatable bonds is 2. The molecule has 0 fully saturated rings. The number of anilines is 1. The summed E-state index contributed by atoms with van der Waals surface area (Å²) >= 11 is 2.23. The maximum absolute atomic E-state index is 2.29. The molecule has 0 N–H and O–H groups in total. The van der Waals surface area contributed by atoms with E-state index in [2.05, 4.69) is 63.5 Å². The molecule has 0 radical (unpaired) electrons. The van der Waals surface area contributed by atoms with Gasteiger partial charge in [-0.25, -0.2) is 0 Å². The summed E-state index contributed by atoms with van der Waals surface area (Å²) in [6.07, 6.45) is 0. The molecule has 0 atom stereocenters. The van der Waals surface area contributed by atoms with E-state index in [-0.39, 0.29) is 0 Å². The van der Waals surface area contributed by atoms with Gasteiger partial charge in [0.05, 0.1) is 0 Å². The van der Waals surface area contributed by atoms with Gasteiger partial charge in [-0.05, 0) is 0 Å². The van der Waals surface area contributed by atoms with E-state index in [0.717, 1.165) is 5.09 Å². The third-order valence-electron chi connectivity index (χ3n) is 3.10. The monoisotopic (exact) mass is 183 g/mol. The first-order valence-electron chi connectivity index (χ1n) is 5.26. The molecule has 0 amide bonds. The summed E-state index contributed by atoms with van der Waals surface area (Å²) in [5.74, 6) is 0. The van der Waals surface area contributed by atoms with Gasteiger partial charge in [0.15, 0.2) is 0 Å². The molecule has 0 spiro atoms. The van der Waals surface area contributed by atoms with Crippen LogP contribution in [0.4, 0.5) is 5.69 Å². The zero-order valence-corrected chi connectivity index (χ0v) is 10.2. The Hall–Kier alpha value is -0.383. The van der Waals surface area contributed by atoms with Gasteiger partial charge in [0.25, 0.3) is 0 Å². The second-order valence-electron chi connectivity index (χ2n) is 4.19. The van der Waals surface area contributed by atoms with Crippen LogP contribution in [0.5, 0.6) is 0 Å². The molecule has 14 heavy (non-hydrogen) atoms. The fraction of sp³-hybridized carbons (Fsp3) is 0.500. The van der Waals surface area contributed by atoms with E-state index >= 15 is 0 Å². The van der Waals surface area contributed by atoms with Crippen LogP contribution in [0.2, 0.25) is 0 Å². The minimum absolute atomic E-state index is 1.11. The van der Waals surface area contributed by atoms with Crippen molar-refractivity contribution in [3.8, 4) is 0 Å². The van der Waals surface area contributed by atoms with Crippen LogP contribution in [0.15, 0.2) is 6.07 Å². The molecule has 0 heterocycles. The van der Waals surface area contributed by atoms with Crippen LogP contribution < -0.4 is 4.90 Å². The van der Waals surface area contributed by atoms with Crippen molar-refractivity contribution in [3.63, 3.8) is 0 Å². The standard InChI is InChI=1S/C12H18N.Li/c1-8-7-12(13(5)6)11(4)10(3)9(8)2;/h7H,4H2,1-3,5-6H3;. The Balaban J connectivity index is 3.43. The number of benzene rings is 1. The fourth-order valence-corrected chi connectivity index (χ4v) is 1.96. The Morgan fingerprint density at radius 2 is 1.71 bits per heavy atom. The van der Waals surface area contributed by atoms with Crippen molar-refractivity contribution in [1.82, 2.24) is 0 Å². The molecule has 1 rings (SSSR count). The van der Waals surface area contributed by atoms with Crippen LogP contribution in [-0.2, 0) is 5.09 Å². The normalized spacial score (nSPS) is 10.5. The number of aryl methyl sites for hydroxylation is 1. The van der Waals surface area contributed by atoms with E-state index < -0.39 is 0 Å². The molecule has 1 nitrogen and oxygen atoms in total. The first-order valence-corrected chi connectivity index (χ1v) is 5.26. The molecule has 1 aromatic carbocycles. The molecule has 72 valence electrons. The molecular formula is C12H18LiN. The third kappa shape index (κ3) is 2.00. The van der Waals surface area contributed by atoms with Gasteiger partial charge < -0.3 is 0 Å². The Bertz CT molecular complexity index is 343. The van der Waals surface area contributed by atoms with Crippen molar-refractivity contribution in [2.75, 3.05) is 19.0 Å². The van der Waals surface area contributed by atoms with E-state index in [4.69, 9.17) is 0 Å². The SMILES string of the molecule is [Li][CH2]c1c(N(C)C)cc(C)c(C)c1C. The number of hydrogen-bond acceptors (Lipinski definition) is 1. The predicted molar refractivity (Wildman–Crippen MR) is 64.4 cm³/mol. The van der Waals surface area contributed by atoms with Crippen LogP contribution in [0.25, 0.3) is 0 Å². The zero-order chi connectivity index (χ0) is 10.9. The van der Waals surface area contributed by atoms with Crippen LogP contribution in [-0.4, -0.2) is 31.8 Å². The zero-order valence-electron chi connectivity index (χ0n) is 10.2. The van der Waals surface area contributed by atoms with Crippen molar-refractivity contribution in [1.29, 1.82) is 0 Å². The van der Waals surface area contributed by atoms with E-state index in [1.807, 2.05) is 0 Å². The van der Waals surface area contributed by atoms with Crippen molar-refractivity contribution >= 4 is 23.4 Å². The van der Waals surface area contributed by atoms with E-state index in [0.29, 0.717) is 0 Å². The molecule has 0 bridgehead atoms. The Morgan fingerprint density at radius 3 is 2.14 bits per heavy atom. The molecule has 1 aromatic rings. The number of hydrogen-bond donors (Lipinski definition) is 0. The van der Waals surface area contributed by atoms with E-state index in [9.17, 15) is 0 Å². The van der Waals surface area contributed by atoms with Gasteiger partial charge in [-0.15, -0.1) is 0 Å². The van der Waals surface area contributed by atoms with Crippen molar-refractivity contribution in [2.24, 2.45) is 0 Å². The van der Waals surface area contributed by atoms with Gasteiger partial charge in [-0.1, -0.05) is 0 Å². The Morgan fingerprint density at radius 1 is 1.14 bits per heavy atom. The van der Waals surface area contributed by atoms with Gasteiger partial charge in [-0.2, -0.15) is 0 Å². The summed E-state index contributed by atoms with van der Waals surface area (Å²) < 4.78 is 0. The molecule has 0 unspecified atom stereocenters. The predicted octanol–water partition coefficient (Wildman–Crippen LogP) is 2.35. The first kappa shape index (κ1) is 11.7.